The number of carbonyl (C=O) groups is 3. The van der Waals surface area contributed by atoms with Crippen molar-refractivity contribution in [1.29, 1.82) is 0 Å². The zero-order chi connectivity index (χ0) is 24.7. The molecule has 0 spiro atoms. The lowest BCUT2D eigenvalue weighted by Crippen LogP contribution is -2.54. The van der Waals surface area contributed by atoms with Gasteiger partial charge >= 0.3 is 6.03 Å². The van der Waals surface area contributed by atoms with E-state index >= 15 is 0 Å². The van der Waals surface area contributed by atoms with Crippen molar-refractivity contribution in [1.82, 2.24) is 5.32 Å². The van der Waals surface area contributed by atoms with E-state index < -0.39 is 22.8 Å². The molecule has 1 aliphatic heterocycles. The fourth-order valence-corrected chi connectivity index (χ4v) is 3.95. The van der Waals surface area contributed by atoms with Crippen LogP contribution in [-0.2, 0) is 9.59 Å². The largest absolute Gasteiger partial charge is 0.457 e. The third-order valence-corrected chi connectivity index (χ3v) is 6.69. The number of halogens is 3. The summed E-state index contributed by atoms with van der Waals surface area (Å²) in [4.78, 5) is 49.2. The van der Waals surface area contributed by atoms with Gasteiger partial charge in [-0.3, -0.25) is 25.0 Å². The summed E-state index contributed by atoms with van der Waals surface area (Å²) >= 11 is 15.3. The molecule has 0 aliphatic carbocycles. The van der Waals surface area contributed by atoms with Gasteiger partial charge in [0, 0.05) is 16.7 Å². The smallest absolute Gasteiger partial charge is 0.335 e. The predicted octanol–water partition coefficient (Wildman–Crippen LogP) is 5.90. The number of nitro groups is 1. The van der Waals surface area contributed by atoms with Gasteiger partial charge in [-0.1, -0.05) is 29.3 Å². The molecule has 1 aromatic heterocycles. The Morgan fingerprint density at radius 3 is 2.50 bits per heavy atom. The number of urea groups is 1. The number of aryl methyl sites for hydroxylation is 1. The Hall–Kier alpha value is -3.47. The predicted molar refractivity (Wildman–Crippen MR) is 129 cm³/mol. The van der Waals surface area contributed by atoms with Crippen molar-refractivity contribution >= 4 is 74.4 Å². The van der Waals surface area contributed by atoms with Crippen LogP contribution in [0.4, 0.5) is 16.2 Å². The Kier molecular flexibility index (Phi) is 6.30. The van der Waals surface area contributed by atoms with Crippen LogP contribution in [-0.4, -0.2) is 22.8 Å². The summed E-state index contributed by atoms with van der Waals surface area (Å²) in [6.07, 6.45) is 1.17. The van der Waals surface area contributed by atoms with Crippen LogP contribution in [0.2, 0.25) is 10.0 Å². The van der Waals surface area contributed by atoms with Gasteiger partial charge in [-0.2, -0.15) is 0 Å². The van der Waals surface area contributed by atoms with Gasteiger partial charge in [0.25, 0.3) is 17.5 Å². The molecule has 2 aromatic carbocycles. The fraction of sp³-hybridized carbons (Fsp3) is 0.0455. The van der Waals surface area contributed by atoms with E-state index in [0.717, 1.165) is 10.5 Å². The molecule has 1 saturated heterocycles. The molecule has 0 unspecified atom stereocenters. The lowest BCUT2D eigenvalue weighted by molar-refractivity contribution is -0.385. The highest BCUT2D eigenvalue weighted by atomic mass is 79.9. The molecule has 3 aromatic rings. The monoisotopic (exact) mass is 563 g/mol. The number of furan rings is 1. The van der Waals surface area contributed by atoms with Crippen LogP contribution < -0.4 is 10.2 Å². The molecule has 4 rings (SSSR count). The third-order valence-electron chi connectivity index (χ3n) is 4.92. The van der Waals surface area contributed by atoms with Gasteiger partial charge in [-0.05, 0) is 64.8 Å². The van der Waals surface area contributed by atoms with Crippen LogP contribution in [0.15, 0.2) is 56.9 Å². The van der Waals surface area contributed by atoms with Crippen molar-refractivity contribution in [3.63, 3.8) is 0 Å². The van der Waals surface area contributed by atoms with Crippen LogP contribution >= 0.6 is 39.1 Å². The van der Waals surface area contributed by atoms with Gasteiger partial charge in [0.05, 0.1) is 15.6 Å². The number of nitrogens with one attached hydrogen (secondary N) is 1. The van der Waals surface area contributed by atoms with Crippen LogP contribution in [0.5, 0.6) is 0 Å². The SMILES string of the molecule is Cc1ccc(N2C(=O)NC(=O)/C(=C/c3ccc(-c4cc(Cl)c(Br)c([N+](=O)[O-])c4)o3)C2=O)cc1Cl. The second-order valence-corrected chi connectivity index (χ2v) is 8.75. The number of imide groups is 2. The minimum Gasteiger partial charge on any atom is -0.457 e. The van der Waals surface area contributed by atoms with Gasteiger partial charge in [0.1, 0.15) is 21.6 Å². The number of hydrogen-bond acceptors (Lipinski definition) is 6. The molecule has 0 atom stereocenters. The van der Waals surface area contributed by atoms with Crippen LogP contribution in [0, 0.1) is 17.0 Å². The number of nitro benzene ring substituents is 1. The maximum atomic E-state index is 13.0. The second kappa shape index (κ2) is 9.05. The van der Waals surface area contributed by atoms with Crippen LogP contribution in [0.3, 0.4) is 0 Å². The highest BCUT2D eigenvalue weighted by Gasteiger charge is 2.37. The van der Waals surface area contributed by atoms with E-state index in [0.29, 0.717) is 10.6 Å². The standard InChI is InChI=1S/C22H12BrCl2N3O6/c1-10-2-3-12(8-15(10)24)27-21(30)14(20(29)26-22(27)31)9-13-4-5-18(34-13)11-6-16(25)19(23)17(7-11)28(32)33/h2-9H,1H3,(H,26,29,31)/b14-9-. The van der Waals surface area contributed by atoms with Gasteiger partial charge in [0.2, 0.25) is 0 Å². The summed E-state index contributed by atoms with van der Waals surface area (Å²) in [5.41, 5.74) is 0.644. The van der Waals surface area contributed by atoms with E-state index in [9.17, 15) is 24.5 Å². The first-order valence-electron chi connectivity index (χ1n) is 9.48. The zero-order valence-corrected chi connectivity index (χ0v) is 20.2. The molecule has 0 bridgehead atoms. The number of benzene rings is 2. The molecule has 12 heteroatoms. The molecule has 1 N–H and O–H groups in total. The number of nitrogens with zero attached hydrogens (tertiary/aromatic N) is 2. The quantitative estimate of drug-likeness (QED) is 0.182. The minimum absolute atomic E-state index is 0.103. The first kappa shape index (κ1) is 23.7. The second-order valence-electron chi connectivity index (χ2n) is 7.14. The Balaban J connectivity index is 1.70. The summed E-state index contributed by atoms with van der Waals surface area (Å²) in [5.74, 6) is -1.45. The van der Waals surface area contributed by atoms with Crippen molar-refractivity contribution in [3.8, 4) is 11.3 Å². The van der Waals surface area contributed by atoms with E-state index in [4.69, 9.17) is 27.6 Å². The minimum atomic E-state index is -0.913. The Morgan fingerprint density at radius 2 is 1.82 bits per heavy atom. The normalized spacial score (nSPS) is 15.1. The number of carbonyl (C=O) groups excluding carboxylic acids is 3. The van der Waals surface area contributed by atoms with E-state index in [1.54, 1.807) is 13.0 Å². The average Bonchev–Trinajstić information content (AvgIpc) is 3.24. The maximum absolute atomic E-state index is 13.0. The maximum Gasteiger partial charge on any atom is 0.335 e. The van der Waals surface area contributed by atoms with E-state index in [1.165, 1.54) is 42.5 Å². The van der Waals surface area contributed by atoms with Gasteiger partial charge < -0.3 is 4.42 Å². The molecule has 9 nitrogen and oxygen atoms in total. The fourth-order valence-electron chi connectivity index (χ4n) is 3.19. The van der Waals surface area contributed by atoms with E-state index in [-0.39, 0.29) is 38.0 Å². The highest BCUT2D eigenvalue weighted by Crippen LogP contribution is 2.37. The molecule has 0 saturated carbocycles. The summed E-state index contributed by atoms with van der Waals surface area (Å²) in [7, 11) is 0. The first-order chi connectivity index (χ1) is 16.1. The molecular formula is C22H12BrCl2N3O6. The van der Waals surface area contributed by atoms with E-state index in [1.807, 2.05) is 0 Å². The van der Waals surface area contributed by atoms with Gasteiger partial charge in [0.15, 0.2) is 0 Å². The number of barbiturate groups is 1. The lowest BCUT2D eigenvalue weighted by atomic mass is 10.1. The molecule has 1 fully saturated rings. The van der Waals surface area contributed by atoms with Gasteiger partial charge in [-0.25, -0.2) is 9.69 Å². The van der Waals surface area contributed by atoms with E-state index in [2.05, 4.69) is 21.2 Å². The van der Waals surface area contributed by atoms with Crippen molar-refractivity contribution in [2.24, 2.45) is 0 Å². The summed E-state index contributed by atoms with van der Waals surface area (Å²) < 4.78 is 5.80. The molecule has 2 heterocycles. The summed E-state index contributed by atoms with van der Waals surface area (Å²) in [6.45, 7) is 1.76. The molecule has 34 heavy (non-hydrogen) atoms. The highest BCUT2D eigenvalue weighted by molar-refractivity contribution is 9.10. The molecule has 4 amide bonds. The first-order valence-corrected chi connectivity index (χ1v) is 11.0. The molecule has 172 valence electrons. The van der Waals surface area contributed by atoms with Gasteiger partial charge in [-0.15, -0.1) is 0 Å². The Labute approximate surface area is 210 Å². The Morgan fingerprint density at radius 1 is 1.09 bits per heavy atom. The third kappa shape index (κ3) is 4.35. The average molecular weight is 565 g/mol. The number of anilines is 1. The topological polar surface area (TPSA) is 123 Å². The van der Waals surface area contributed by atoms with Crippen molar-refractivity contribution in [2.45, 2.75) is 6.92 Å². The van der Waals surface area contributed by atoms with Crippen LogP contribution in [0.1, 0.15) is 11.3 Å². The number of amides is 4. The number of rotatable bonds is 4. The van der Waals surface area contributed by atoms with Crippen molar-refractivity contribution in [3.05, 3.63) is 84.0 Å². The lowest BCUT2D eigenvalue weighted by Gasteiger charge is -2.26. The number of hydrogen-bond donors (Lipinski definition) is 1. The molecular weight excluding hydrogens is 553 g/mol. The summed E-state index contributed by atoms with van der Waals surface area (Å²) in [5, 5.41) is 13.8. The van der Waals surface area contributed by atoms with Crippen LogP contribution in [0.25, 0.3) is 17.4 Å². The zero-order valence-electron chi connectivity index (χ0n) is 17.1. The Bertz CT molecular complexity index is 1430. The van der Waals surface area contributed by atoms with Crippen molar-refractivity contribution < 1.29 is 23.7 Å². The molecule has 1 aliphatic rings. The molecule has 0 radical (unpaired) electrons. The summed E-state index contributed by atoms with van der Waals surface area (Å²) in [6, 6.07) is 9.40. The van der Waals surface area contributed by atoms with Crippen molar-refractivity contribution in [2.75, 3.05) is 4.90 Å².